The molecule has 0 radical (unpaired) electrons. The first-order chi connectivity index (χ1) is 13.5. The van der Waals surface area contributed by atoms with Crippen molar-refractivity contribution in [2.24, 2.45) is 5.92 Å². The van der Waals surface area contributed by atoms with Gasteiger partial charge in [-0.2, -0.15) is 0 Å². The Morgan fingerprint density at radius 2 is 1.96 bits per heavy atom. The molecule has 4 rings (SSSR count). The van der Waals surface area contributed by atoms with Crippen LogP contribution in [-0.2, 0) is 22.7 Å². The van der Waals surface area contributed by atoms with Gasteiger partial charge >= 0.3 is 0 Å². The lowest BCUT2D eigenvalue weighted by Gasteiger charge is -2.29. The largest absolute Gasteiger partial charge is 0.322 e. The van der Waals surface area contributed by atoms with Gasteiger partial charge in [0, 0.05) is 31.1 Å². The van der Waals surface area contributed by atoms with Crippen molar-refractivity contribution in [2.75, 3.05) is 13.1 Å². The van der Waals surface area contributed by atoms with E-state index in [1.165, 1.54) is 12.8 Å². The zero-order valence-electron chi connectivity index (χ0n) is 16.3. The first-order valence-electron chi connectivity index (χ1n) is 10.2. The molecule has 150 valence electrons. The number of rotatable bonds is 5. The van der Waals surface area contributed by atoms with Crippen molar-refractivity contribution in [3.63, 3.8) is 0 Å². The van der Waals surface area contributed by atoms with E-state index in [1.54, 1.807) is 4.90 Å². The highest BCUT2D eigenvalue weighted by Gasteiger charge is 2.39. The molecule has 3 aliphatic rings. The highest BCUT2D eigenvalue weighted by atomic mass is 16.2. The van der Waals surface area contributed by atoms with Gasteiger partial charge in [-0.1, -0.05) is 12.1 Å². The lowest BCUT2D eigenvalue weighted by atomic mass is 9.91. The van der Waals surface area contributed by atoms with Gasteiger partial charge in [0.15, 0.2) is 0 Å². The second-order valence-electron chi connectivity index (χ2n) is 8.15. The summed E-state index contributed by atoms with van der Waals surface area (Å²) < 4.78 is 0. The first kappa shape index (κ1) is 19.1. The molecule has 3 aliphatic heterocycles. The average Bonchev–Trinajstić information content (AvgIpc) is 3.02. The summed E-state index contributed by atoms with van der Waals surface area (Å²) in [5, 5.41) is 9.37. The van der Waals surface area contributed by atoms with Crippen LogP contribution < -0.4 is 16.0 Å². The van der Waals surface area contributed by atoms with Gasteiger partial charge in [0.1, 0.15) is 6.04 Å². The van der Waals surface area contributed by atoms with Gasteiger partial charge in [-0.05, 0) is 62.4 Å². The van der Waals surface area contributed by atoms with Crippen molar-refractivity contribution >= 4 is 17.7 Å². The molecule has 0 bridgehead atoms. The van der Waals surface area contributed by atoms with Gasteiger partial charge in [0.25, 0.3) is 5.91 Å². The fraction of sp³-hybridized carbons (Fsp3) is 0.571. The number of hydrogen-bond donors (Lipinski definition) is 3. The smallest absolute Gasteiger partial charge is 0.255 e. The molecular formula is C21H28N4O3. The zero-order chi connectivity index (χ0) is 19.7. The minimum atomic E-state index is -0.556. The normalized spacial score (nSPS) is 24.2. The summed E-state index contributed by atoms with van der Waals surface area (Å²) in [6.07, 6.45) is 3.08. The number of hydrogen-bond acceptors (Lipinski definition) is 5. The predicted octanol–water partition coefficient (Wildman–Crippen LogP) is 0.925. The van der Waals surface area contributed by atoms with Crippen LogP contribution >= 0.6 is 0 Å². The highest BCUT2D eigenvalue weighted by molar-refractivity contribution is 6.05. The van der Waals surface area contributed by atoms with Crippen molar-refractivity contribution in [3.8, 4) is 0 Å². The molecule has 3 heterocycles. The number of benzene rings is 1. The molecular weight excluding hydrogens is 356 g/mol. The Bertz CT molecular complexity index is 788. The van der Waals surface area contributed by atoms with Crippen molar-refractivity contribution in [1.29, 1.82) is 0 Å². The van der Waals surface area contributed by atoms with Crippen LogP contribution in [0, 0.1) is 5.92 Å². The Hall–Kier alpha value is -2.25. The van der Waals surface area contributed by atoms with Crippen LogP contribution in [-0.4, -0.2) is 47.8 Å². The summed E-state index contributed by atoms with van der Waals surface area (Å²) in [5.41, 5.74) is 2.78. The molecule has 3 N–H and O–H groups in total. The topological polar surface area (TPSA) is 90.5 Å². The fourth-order valence-electron chi connectivity index (χ4n) is 4.53. The molecule has 0 spiro atoms. The van der Waals surface area contributed by atoms with Gasteiger partial charge in [-0.25, -0.2) is 0 Å². The van der Waals surface area contributed by atoms with E-state index in [4.69, 9.17) is 0 Å². The SMILES string of the molecule is C[C@@H](NCc1ccc2c(c1)CN(C1CCC(=O)NC1=O)C2=O)C1CCNCC1. The van der Waals surface area contributed by atoms with Crippen molar-refractivity contribution in [3.05, 3.63) is 34.9 Å². The number of piperidine rings is 2. The van der Waals surface area contributed by atoms with Gasteiger partial charge in [0.2, 0.25) is 11.8 Å². The van der Waals surface area contributed by atoms with Crippen LogP contribution in [0.2, 0.25) is 0 Å². The monoisotopic (exact) mass is 384 g/mol. The van der Waals surface area contributed by atoms with E-state index < -0.39 is 6.04 Å². The molecule has 1 aromatic carbocycles. The average molecular weight is 384 g/mol. The van der Waals surface area contributed by atoms with E-state index in [2.05, 4.69) is 28.9 Å². The maximum Gasteiger partial charge on any atom is 0.255 e. The maximum absolute atomic E-state index is 12.7. The molecule has 7 nitrogen and oxygen atoms in total. The summed E-state index contributed by atoms with van der Waals surface area (Å²) in [4.78, 5) is 37.9. The third-order valence-corrected chi connectivity index (χ3v) is 6.31. The predicted molar refractivity (Wildman–Crippen MR) is 104 cm³/mol. The number of fused-ring (bicyclic) bond motifs is 1. The molecule has 0 saturated carbocycles. The third kappa shape index (κ3) is 3.82. The quantitative estimate of drug-likeness (QED) is 0.657. The summed E-state index contributed by atoms with van der Waals surface area (Å²) in [6, 6.07) is 5.83. The van der Waals surface area contributed by atoms with E-state index in [-0.39, 0.29) is 24.1 Å². The molecule has 1 unspecified atom stereocenters. The van der Waals surface area contributed by atoms with Gasteiger partial charge in [-0.3, -0.25) is 19.7 Å². The molecule has 1 aromatic rings. The number of amides is 3. The Morgan fingerprint density at radius 1 is 1.18 bits per heavy atom. The van der Waals surface area contributed by atoms with Crippen LogP contribution in [0.3, 0.4) is 0 Å². The van der Waals surface area contributed by atoms with E-state index in [0.717, 1.165) is 30.8 Å². The molecule has 28 heavy (non-hydrogen) atoms. The second kappa shape index (κ2) is 8.01. The van der Waals surface area contributed by atoms with Crippen LogP contribution in [0.1, 0.15) is 54.1 Å². The zero-order valence-corrected chi connectivity index (χ0v) is 16.3. The van der Waals surface area contributed by atoms with E-state index in [0.29, 0.717) is 30.5 Å². The highest BCUT2D eigenvalue weighted by Crippen LogP contribution is 2.28. The molecule has 3 amide bonds. The Kier molecular flexibility index (Phi) is 5.46. The minimum absolute atomic E-state index is 0.118. The lowest BCUT2D eigenvalue weighted by Crippen LogP contribution is -2.52. The molecule has 2 saturated heterocycles. The molecule has 2 atom stereocenters. The number of imide groups is 1. The number of nitrogens with zero attached hydrogens (tertiary/aromatic N) is 1. The minimum Gasteiger partial charge on any atom is -0.322 e. The van der Waals surface area contributed by atoms with Crippen molar-refractivity contribution in [1.82, 2.24) is 20.9 Å². The van der Waals surface area contributed by atoms with Gasteiger partial charge in [-0.15, -0.1) is 0 Å². The van der Waals surface area contributed by atoms with Gasteiger partial charge < -0.3 is 15.5 Å². The fourth-order valence-corrected chi connectivity index (χ4v) is 4.53. The molecule has 0 aliphatic carbocycles. The van der Waals surface area contributed by atoms with Crippen LogP contribution in [0.5, 0.6) is 0 Å². The number of nitrogens with one attached hydrogen (secondary N) is 3. The van der Waals surface area contributed by atoms with Crippen LogP contribution in [0.25, 0.3) is 0 Å². The second-order valence-corrected chi connectivity index (χ2v) is 8.15. The standard InChI is InChI=1S/C21H28N4O3/c1-13(15-6-8-22-9-7-15)23-11-14-2-3-17-16(10-14)12-25(21(17)28)18-4-5-19(26)24-20(18)27/h2-3,10,13,15,18,22-23H,4-9,11-12H2,1H3,(H,24,26,27)/t13-,18?/m1/s1. The third-order valence-electron chi connectivity index (χ3n) is 6.31. The Balaban J connectivity index is 1.39. The summed E-state index contributed by atoms with van der Waals surface area (Å²) >= 11 is 0. The summed E-state index contributed by atoms with van der Waals surface area (Å²) in [7, 11) is 0. The number of carbonyl (C=O) groups excluding carboxylic acids is 3. The lowest BCUT2D eigenvalue weighted by molar-refractivity contribution is -0.136. The Morgan fingerprint density at radius 3 is 2.71 bits per heavy atom. The molecule has 7 heteroatoms. The number of carbonyl (C=O) groups is 3. The van der Waals surface area contributed by atoms with Crippen LogP contribution in [0.4, 0.5) is 0 Å². The summed E-state index contributed by atoms with van der Waals surface area (Å²) in [6.45, 7) is 5.63. The van der Waals surface area contributed by atoms with Gasteiger partial charge in [0.05, 0.1) is 0 Å². The summed E-state index contributed by atoms with van der Waals surface area (Å²) in [5.74, 6) is -0.0518. The van der Waals surface area contributed by atoms with Crippen LogP contribution in [0.15, 0.2) is 18.2 Å². The van der Waals surface area contributed by atoms with Crippen molar-refractivity contribution < 1.29 is 14.4 Å². The molecule has 0 aromatic heterocycles. The van der Waals surface area contributed by atoms with Crippen molar-refractivity contribution in [2.45, 2.75) is 57.8 Å². The maximum atomic E-state index is 12.7. The van der Waals surface area contributed by atoms with E-state index >= 15 is 0 Å². The van der Waals surface area contributed by atoms with E-state index in [9.17, 15) is 14.4 Å². The van der Waals surface area contributed by atoms with E-state index in [1.807, 2.05) is 12.1 Å². The Labute approximate surface area is 165 Å². The first-order valence-corrected chi connectivity index (χ1v) is 10.2. The molecule has 2 fully saturated rings.